The van der Waals surface area contributed by atoms with Crippen molar-refractivity contribution in [3.05, 3.63) is 23.4 Å². The highest BCUT2D eigenvalue weighted by Crippen LogP contribution is 2.28. The van der Waals surface area contributed by atoms with Gasteiger partial charge < -0.3 is 0 Å². The lowest BCUT2D eigenvalue weighted by atomic mass is 9.96. The van der Waals surface area contributed by atoms with Crippen LogP contribution in [-0.2, 0) is 12.5 Å². The summed E-state index contributed by atoms with van der Waals surface area (Å²) in [5, 5.41) is 6.00. The van der Waals surface area contributed by atoms with E-state index in [-0.39, 0.29) is 5.41 Å². The van der Waals surface area contributed by atoms with Crippen LogP contribution < -0.4 is 0 Å². The molecule has 96 valence electrons. The Labute approximate surface area is 115 Å². The van der Waals surface area contributed by atoms with Crippen molar-refractivity contribution in [2.45, 2.75) is 36.4 Å². The fourth-order valence-corrected chi connectivity index (χ4v) is 2.27. The molecule has 0 unspecified atom stereocenters. The Morgan fingerprint density at radius 3 is 2.56 bits per heavy atom. The molecule has 2 aromatic rings. The molecule has 0 saturated heterocycles. The minimum Gasteiger partial charge on any atom is -0.244 e. The van der Waals surface area contributed by atoms with Gasteiger partial charge in [0.15, 0.2) is 5.16 Å². The Kier molecular flexibility index (Phi) is 3.59. The molecule has 18 heavy (non-hydrogen) atoms. The Balaban J connectivity index is 2.35. The van der Waals surface area contributed by atoms with E-state index < -0.39 is 0 Å². The van der Waals surface area contributed by atoms with E-state index in [4.69, 9.17) is 11.6 Å². The van der Waals surface area contributed by atoms with Gasteiger partial charge in [0.2, 0.25) is 0 Å². The molecular formula is C11H14ClN5S. The average molecular weight is 284 g/mol. The van der Waals surface area contributed by atoms with Gasteiger partial charge in [-0.1, -0.05) is 32.4 Å². The number of rotatable bonds is 2. The molecule has 0 aliphatic heterocycles. The standard InChI is InChI=1S/C11H14ClN5S/c1-11(2,3)9-15-7(12)5-8(16-9)18-10-13-6-14-17(10)4/h5-6H,1-4H3. The summed E-state index contributed by atoms with van der Waals surface area (Å²) in [5.41, 5.74) is -0.139. The van der Waals surface area contributed by atoms with Crippen molar-refractivity contribution >= 4 is 23.4 Å². The molecule has 2 heterocycles. The smallest absolute Gasteiger partial charge is 0.192 e. The molecule has 0 radical (unpaired) electrons. The second kappa shape index (κ2) is 4.85. The van der Waals surface area contributed by atoms with Crippen LogP contribution in [0.15, 0.2) is 22.6 Å². The van der Waals surface area contributed by atoms with Crippen LogP contribution in [0.1, 0.15) is 26.6 Å². The number of aromatic nitrogens is 5. The lowest BCUT2D eigenvalue weighted by Gasteiger charge is -2.17. The van der Waals surface area contributed by atoms with Gasteiger partial charge >= 0.3 is 0 Å². The van der Waals surface area contributed by atoms with Crippen molar-refractivity contribution in [1.82, 2.24) is 24.7 Å². The molecule has 0 bridgehead atoms. The molecule has 0 aromatic carbocycles. The van der Waals surface area contributed by atoms with E-state index in [0.717, 1.165) is 16.0 Å². The minimum absolute atomic E-state index is 0.139. The van der Waals surface area contributed by atoms with Gasteiger partial charge in [-0.05, 0) is 11.8 Å². The van der Waals surface area contributed by atoms with Gasteiger partial charge in [-0.2, -0.15) is 5.10 Å². The second-order valence-corrected chi connectivity index (χ2v) is 6.25. The number of nitrogens with zero attached hydrogens (tertiary/aromatic N) is 5. The van der Waals surface area contributed by atoms with E-state index in [1.165, 1.54) is 18.1 Å². The van der Waals surface area contributed by atoms with Crippen molar-refractivity contribution in [3.63, 3.8) is 0 Å². The van der Waals surface area contributed by atoms with Crippen molar-refractivity contribution in [3.8, 4) is 0 Å². The van der Waals surface area contributed by atoms with Crippen LogP contribution in [0, 0.1) is 0 Å². The van der Waals surface area contributed by atoms with Crippen LogP contribution >= 0.6 is 23.4 Å². The molecule has 0 aliphatic carbocycles. The van der Waals surface area contributed by atoms with Gasteiger partial charge in [-0.15, -0.1) is 0 Å². The Morgan fingerprint density at radius 2 is 2.00 bits per heavy atom. The van der Waals surface area contributed by atoms with E-state index in [1.807, 2.05) is 7.05 Å². The van der Waals surface area contributed by atoms with Gasteiger partial charge in [-0.3, -0.25) is 0 Å². The molecule has 0 atom stereocenters. The molecule has 0 aliphatic rings. The third-order valence-electron chi connectivity index (χ3n) is 2.21. The highest BCUT2D eigenvalue weighted by molar-refractivity contribution is 7.99. The predicted molar refractivity (Wildman–Crippen MR) is 70.9 cm³/mol. The first kappa shape index (κ1) is 13.3. The van der Waals surface area contributed by atoms with Gasteiger partial charge in [0.25, 0.3) is 0 Å². The zero-order chi connectivity index (χ0) is 13.3. The molecule has 0 spiro atoms. The van der Waals surface area contributed by atoms with E-state index in [9.17, 15) is 0 Å². The highest BCUT2D eigenvalue weighted by atomic mass is 35.5. The summed E-state index contributed by atoms with van der Waals surface area (Å²) in [6.07, 6.45) is 1.51. The van der Waals surface area contributed by atoms with Gasteiger partial charge in [0.1, 0.15) is 22.3 Å². The van der Waals surface area contributed by atoms with Crippen LogP contribution in [-0.4, -0.2) is 24.7 Å². The predicted octanol–water partition coefficient (Wildman–Crippen LogP) is 2.71. The van der Waals surface area contributed by atoms with E-state index in [2.05, 4.69) is 40.8 Å². The summed E-state index contributed by atoms with van der Waals surface area (Å²) in [4.78, 5) is 12.9. The summed E-state index contributed by atoms with van der Waals surface area (Å²) < 4.78 is 1.69. The lowest BCUT2D eigenvalue weighted by molar-refractivity contribution is 0.538. The van der Waals surface area contributed by atoms with E-state index in [0.29, 0.717) is 5.15 Å². The fourth-order valence-electron chi connectivity index (χ4n) is 1.26. The first-order valence-corrected chi connectivity index (χ1v) is 6.62. The van der Waals surface area contributed by atoms with Gasteiger partial charge in [-0.25, -0.2) is 19.6 Å². The van der Waals surface area contributed by atoms with E-state index >= 15 is 0 Å². The summed E-state index contributed by atoms with van der Waals surface area (Å²) in [6.45, 7) is 6.15. The molecule has 5 nitrogen and oxygen atoms in total. The average Bonchev–Trinajstić information content (AvgIpc) is 2.62. The van der Waals surface area contributed by atoms with Crippen LogP contribution in [0.25, 0.3) is 0 Å². The molecular weight excluding hydrogens is 270 g/mol. The quantitative estimate of drug-likeness (QED) is 0.793. The van der Waals surface area contributed by atoms with Crippen molar-refractivity contribution in [1.29, 1.82) is 0 Å². The Hall–Kier alpha value is -1.14. The van der Waals surface area contributed by atoms with Crippen LogP contribution in [0.2, 0.25) is 5.15 Å². The maximum absolute atomic E-state index is 6.03. The fraction of sp³-hybridized carbons (Fsp3) is 0.455. The van der Waals surface area contributed by atoms with Crippen molar-refractivity contribution in [2.75, 3.05) is 0 Å². The minimum atomic E-state index is -0.139. The normalized spacial score (nSPS) is 11.8. The SMILES string of the molecule is Cn1ncnc1Sc1cc(Cl)nc(C(C)(C)C)n1. The zero-order valence-electron chi connectivity index (χ0n) is 10.7. The maximum Gasteiger partial charge on any atom is 0.192 e. The lowest BCUT2D eigenvalue weighted by Crippen LogP contribution is -2.16. The van der Waals surface area contributed by atoms with E-state index in [1.54, 1.807) is 10.7 Å². The van der Waals surface area contributed by atoms with Crippen molar-refractivity contribution < 1.29 is 0 Å². The number of hydrogen-bond acceptors (Lipinski definition) is 5. The highest BCUT2D eigenvalue weighted by Gasteiger charge is 2.19. The summed E-state index contributed by atoms with van der Waals surface area (Å²) in [6, 6.07) is 1.73. The van der Waals surface area contributed by atoms with Crippen LogP contribution in [0.5, 0.6) is 0 Å². The van der Waals surface area contributed by atoms with Gasteiger partial charge in [0, 0.05) is 18.5 Å². The molecule has 0 fully saturated rings. The summed E-state index contributed by atoms with van der Waals surface area (Å²) in [7, 11) is 1.84. The maximum atomic E-state index is 6.03. The molecule has 0 saturated carbocycles. The second-order valence-electron chi connectivity index (χ2n) is 4.87. The molecule has 2 aromatic heterocycles. The number of aryl methyl sites for hydroxylation is 1. The summed E-state index contributed by atoms with van der Waals surface area (Å²) in [5.74, 6) is 0.722. The Bertz CT molecular complexity index is 561. The topological polar surface area (TPSA) is 56.5 Å². The largest absolute Gasteiger partial charge is 0.244 e. The van der Waals surface area contributed by atoms with Crippen molar-refractivity contribution in [2.24, 2.45) is 7.05 Å². The number of halogens is 1. The zero-order valence-corrected chi connectivity index (χ0v) is 12.2. The first-order chi connectivity index (χ1) is 8.36. The summed E-state index contributed by atoms with van der Waals surface area (Å²) >= 11 is 7.45. The van der Waals surface area contributed by atoms with Crippen LogP contribution in [0.3, 0.4) is 0 Å². The third kappa shape index (κ3) is 3.00. The van der Waals surface area contributed by atoms with Crippen LogP contribution in [0.4, 0.5) is 0 Å². The molecule has 7 heteroatoms. The molecule has 2 rings (SSSR count). The Morgan fingerprint density at radius 1 is 1.28 bits per heavy atom. The van der Waals surface area contributed by atoms with Gasteiger partial charge in [0.05, 0.1) is 0 Å². The first-order valence-electron chi connectivity index (χ1n) is 5.43. The third-order valence-corrected chi connectivity index (χ3v) is 3.37. The molecule has 0 N–H and O–H groups in total. The molecule has 0 amide bonds. The monoisotopic (exact) mass is 283 g/mol. The number of hydrogen-bond donors (Lipinski definition) is 0.